The molecule has 0 aliphatic rings. The average molecular weight is 181 g/mol. The molecular formula is C12H23N. The van der Waals surface area contributed by atoms with Crippen LogP contribution in [0.5, 0.6) is 0 Å². The number of aliphatic imine (C=N–C) groups is 1. The van der Waals surface area contributed by atoms with E-state index in [4.69, 9.17) is 0 Å². The van der Waals surface area contributed by atoms with Crippen molar-refractivity contribution >= 4 is 6.21 Å². The van der Waals surface area contributed by atoms with Gasteiger partial charge in [-0.25, -0.2) is 0 Å². The van der Waals surface area contributed by atoms with Crippen molar-refractivity contribution in [2.24, 2.45) is 4.99 Å². The van der Waals surface area contributed by atoms with Crippen LogP contribution in [0.2, 0.25) is 0 Å². The Kier molecular flexibility index (Phi) is 10.9. The van der Waals surface area contributed by atoms with E-state index < -0.39 is 0 Å². The summed E-state index contributed by atoms with van der Waals surface area (Å²) in [7, 11) is 0. The van der Waals surface area contributed by atoms with Gasteiger partial charge in [0, 0.05) is 12.8 Å². The fourth-order valence-electron chi connectivity index (χ4n) is 1.05. The SMILES string of the molecule is CCCCCC=CC=NCCCC. The zero-order chi connectivity index (χ0) is 9.78. The van der Waals surface area contributed by atoms with Crippen molar-refractivity contribution in [1.82, 2.24) is 0 Å². The smallest absolute Gasteiger partial charge is 0.0389 e. The Morgan fingerprint density at radius 2 is 1.77 bits per heavy atom. The lowest BCUT2D eigenvalue weighted by molar-refractivity contribution is 0.729. The molecule has 0 aromatic heterocycles. The van der Waals surface area contributed by atoms with Crippen LogP contribution in [-0.4, -0.2) is 12.8 Å². The van der Waals surface area contributed by atoms with E-state index >= 15 is 0 Å². The molecule has 0 aliphatic heterocycles. The van der Waals surface area contributed by atoms with Gasteiger partial charge in [-0.3, -0.25) is 4.99 Å². The number of rotatable bonds is 8. The summed E-state index contributed by atoms with van der Waals surface area (Å²) in [5, 5.41) is 0. The second-order valence-electron chi connectivity index (χ2n) is 3.33. The second-order valence-corrected chi connectivity index (χ2v) is 3.33. The Bertz CT molecular complexity index is 136. The van der Waals surface area contributed by atoms with Crippen molar-refractivity contribution in [1.29, 1.82) is 0 Å². The minimum atomic E-state index is 0.982. The number of unbranched alkanes of at least 4 members (excludes halogenated alkanes) is 4. The third-order valence-electron chi connectivity index (χ3n) is 1.94. The molecule has 1 nitrogen and oxygen atoms in total. The highest BCUT2D eigenvalue weighted by Gasteiger charge is 1.80. The Hall–Kier alpha value is -0.590. The zero-order valence-electron chi connectivity index (χ0n) is 9.13. The van der Waals surface area contributed by atoms with E-state index in [1.807, 2.05) is 6.21 Å². The summed E-state index contributed by atoms with van der Waals surface area (Å²) in [6, 6.07) is 0. The quantitative estimate of drug-likeness (QED) is 0.396. The molecule has 1 heteroatoms. The van der Waals surface area contributed by atoms with Crippen molar-refractivity contribution in [3.05, 3.63) is 12.2 Å². The Balaban J connectivity index is 3.15. The minimum absolute atomic E-state index is 0.982. The van der Waals surface area contributed by atoms with Gasteiger partial charge in [-0.05, 0) is 25.3 Å². The monoisotopic (exact) mass is 181 g/mol. The Labute approximate surface area is 83.0 Å². The maximum Gasteiger partial charge on any atom is 0.0389 e. The average Bonchev–Trinajstić information content (AvgIpc) is 2.16. The number of hydrogen-bond acceptors (Lipinski definition) is 1. The molecule has 0 atom stereocenters. The molecule has 0 radical (unpaired) electrons. The van der Waals surface area contributed by atoms with Crippen LogP contribution >= 0.6 is 0 Å². The van der Waals surface area contributed by atoms with Gasteiger partial charge in [-0.1, -0.05) is 39.2 Å². The summed E-state index contributed by atoms with van der Waals surface area (Å²) in [5.74, 6) is 0. The molecule has 0 aliphatic carbocycles. The molecule has 0 heterocycles. The molecule has 0 rings (SSSR count). The number of hydrogen-bond donors (Lipinski definition) is 0. The summed E-state index contributed by atoms with van der Waals surface area (Å²) in [6.07, 6.45) is 13.8. The molecule has 0 aromatic rings. The van der Waals surface area contributed by atoms with Gasteiger partial charge >= 0.3 is 0 Å². The highest BCUT2D eigenvalue weighted by Crippen LogP contribution is 1.98. The van der Waals surface area contributed by atoms with Gasteiger partial charge in [0.25, 0.3) is 0 Å². The van der Waals surface area contributed by atoms with Gasteiger partial charge in [-0.15, -0.1) is 0 Å². The zero-order valence-corrected chi connectivity index (χ0v) is 9.13. The normalized spacial score (nSPS) is 11.8. The predicted molar refractivity (Wildman–Crippen MR) is 61.5 cm³/mol. The second kappa shape index (κ2) is 11.4. The van der Waals surface area contributed by atoms with Crippen LogP contribution in [0.25, 0.3) is 0 Å². The lowest BCUT2D eigenvalue weighted by Gasteiger charge is -1.90. The van der Waals surface area contributed by atoms with Crippen LogP contribution in [0.3, 0.4) is 0 Å². The molecule has 0 bridgehead atoms. The van der Waals surface area contributed by atoms with Crippen molar-refractivity contribution in [3.8, 4) is 0 Å². The molecule has 76 valence electrons. The maximum atomic E-state index is 4.27. The summed E-state index contributed by atoms with van der Waals surface area (Å²) in [4.78, 5) is 4.27. The van der Waals surface area contributed by atoms with E-state index in [-0.39, 0.29) is 0 Å². The molecule has 0 amide bonds. The molecular weight excluding hydrogens is 158 g/mol. The highest BCUT2D eigenvalue weighted by atomic mass is 14.7. The van der Waals surface area contributed by atoms with Crippen molar-refractivity contribution in [2.75, 3.05) is 6.54 Å². The molecule has 0 aromatic carbocycles. The summed E-state index contributed by atoms with van der Waals surface area (Å²) in [6.45, 7) is 5.40. The molecule has 0 fully saturated rings. The number of allylic oxidation sites excluding steroid dienone is 2. The first kappa shape index (κ1) is 12.4. The van der Waals surface area contributed by atoms with E-state index in [1.54, 1.807) is 0 Å². The van der Waals surface area contributed by atoms with Crippen molar-refractivity contribution in [2.45, 2.75) is 52.4 Å². The van der Waals surface area contributed by atoms with Crippen LogP contribution in [0.4, 0.5) is 0 Å². The topological polar surface area (TPSA) is 12.4 Å². The van der Waals surface area contributed by atoms with E-state index in [0.29, 0.717) is 0 Å². The number of nitrogens with zero attached hydrogens (tertiary/aromatic N) is 1. The van der Waals surface area contributed by atoms with Crippen LogP contribution < -0.4 is 0 Å². The van der Waals surface area contributed by atoms with E-state index in [9.17, 15) is 0 Å². The van der Waals surface area contributed by atoms with Crippen LogP contribution in [0, 0.1) is 0 Å². The Morgan fingerprint density at radius 3 is 2.46 bits per heavy atom. The van der Waals surface area contributed by atoms with Gasteiger partial charge < -0.3 is 0 Å². The van der Waals surface area contributed by atoms with Gasteiger partial charge in [0.15, 0.2) is 0 Å². The van der Waals surface area contributed by atoms with Gasteiger partial charge in [0.2, 0.25) is 0 Å². The first-order chi connectivity index (χ1) is 6.41. The molecule has 0 unspecified atom stereocenters. The van der Waals surface area contributed by atoms with Crippen LogP contribution in [0.1, 0.15) is 52.4 Å². The minimum Gasteiger partial charge on any atom is -0.293 e. The van der Waals surface area contributed by atoms with E-state index in [2.05, 4.69) is 31.0 Å². The lowest BCUT2D eigenvalue weighted by Crippen LogP contribution is -1.78. The third-order valence-corrected chi connectivity index (χ3v) is 1.94. The standard InChI is InChI=1S/C12H23N/c1-3-5-7-8-9-10-12-13-11-6-4-2/h9-10,12H,3-8,11H2,1-2H3. The predicted octanol–water partition coefficient (Wildman–Crippen LogP) is 3.99. The lowest BCUT2D eigenvalue weighted by atomic mass is 10.2. The first-order valence-corrected chi connectivity index (χ1v) is 5.56. The Morgan fingerprint density at radius 1 is 1.00 bits per heavy atom. The molecule has 0 spiro atoms. The maximum absolute atomic E-state index is 4.27. The molecule has 0 N–H and O–H groups in total. The largest absolute Gasteiger partial charge is 0.293 e. The fourth-order valence-corrected chi connectivity index (χ4v) is 1.05. The van der Waals surface area contributed by atoms with Gasteiger partial charge in [0.05, 0.1) is 0 Å². The van der Waals surface area contributed by atoms with E-state index in [0.717, 1.165) is 6.54 Å². The summed E-state index contributed by atoms with van der Waals surface area (Å²) in [5.41, 5.74) is 0. The van der Waals surface area contributed by atoms with Crippen molar-refractivity contribution in [3.63, 3.8) is 0 Å². The van der Waals surface area contributed by atoms with Crippen LogP contribution in [0.15, 0.2) is 17.1 Å². The van der Waals surface area contributed by atoms with Gasteiger partial charge in [-0.2, -0.15) is 0 Å². The van der Waals surface area contributed by atoms with E-state index in [1.165, 1.54) is 38.5 Å². The van der Waals surface area contributed by atoms with Crippen molar-refractivity contribution < 1.29 is 0 Å². The van der Waals surface area contributed by atoms with Crippen LogP contribution in [-0.2, 0) is 0 Å². The first-order valence-electron chi connectivity index (χ1n) is 5.56. The molecule has 13 heavy (non-hydrogen) atoms. The summed E-state index contributed by atoms with van der Waals surface area (Å²) >= 11 is 0. The highest BCUT2D eigenvalue weighted by molar-refractivity contribution is 5.70. The van der Waals surface area contributed by atoms with Gasteiger partial charge in [0.1, 0.15) is 0 Å². The third kappa shape index (κ3) is 11.4. The molecule has 0 saturated heterocycles. The summed E-state index contributed by atoms with van der Waals surface area (Å²) < 4.78 is 0. The molecule has 0 saturated carbocycles. The fraction of sp³-hybridized carbons (Fsp3) is 0.750.